The van der Waals surface area contributed by atoms with Crippen LogP contribution in [0, 0.1) is 6.92 Å². The molecule has 168 valence electrons. The summed E-state index contributed by atoms with van der Waals surface area (Å²) in [7, 11) is 0. The van der Waals surface area contributed by atoms with Gasteiger partial charge in [-0.25, -0.2) is 4.98 Å². The quantitative estimate of drug-likeness (QED) is 0.423. The zero-order valence-corrected chi connectivity index (χ0v) is 19.0. The van der Waals surface area contributed by atoms with Crippen molar-refractivity contribution in [2.75, 3.05) is 11.9 Å². The molecule has 6 nitrogen and oxygen atoms in total. The summed E-state index contributed by atoms with van der Waals surface area (Å²) in [6, 6.07) is 23.1. The van der Waals surface area contributed by atoms with Gasteiger partial charge in [-0.2, -0.15) is 0 Å². The molecule has 33 heavy (non-hydrogen) atoms. The van der Waals surface area contributed by atoms with Crippen LogP contribution in [-0.2, 0) is 24.2 Å². The van der Waals surface area contributed by atoms with Gasteiger partial charge in [0.1, 0.15) is 12.4 Å². The molecule has 0 spiro atoms. The standard InChI is InChI=1S/C27H28N4O2/c1-3-20-11-5-7-13-22(20)30-26(32)18-31-24-15-9-8-14-23(24)29-25(31)16-17-28-27(33)21-12-6-4-10-19(21)2/h4-15H,3,16-18H2,1-2H3,(H,28,33)(H,30,32). The van der Waals surface area contributed by atoms with Gasteiger partial charge < -0.3 is 15.2 Å². The number of nitrogens with zero attached hydrogens (tertiary/aromatic N) is 2. The highest BCUT2D eigenvalue weighted by Gasteiger charge is 2.15. The lowest BCUT2D eigenvalue weighted by molar-refractivity contribution is -0.116. The molecule has 0 atom stereocenters. The van der Waals surface area contributed by atoms with Crippen LogP contribution >= 0.6 is 0 Å². The first-order valence-electron chi connectivity index (χ1n) is 11.2. The molecule has 1 aromatic heterocycles. The van der Waals surface area contributed by atoms with Crippen LogP contribution in [0.2, 0.25) is 0 Å². The summed E-state index contributed by atoms with van der Waals surface area (Å²) in [5.74, 6) is 0.550. The maximum absolute atomic E-state index is 12.9. The zero-order valence-electron chi connectivity index (χ0n) is 19.0. The Kier molecular flexibility index (Phi) is 6.83. The first-order chi connectivity index (χ1) is 16.1. The molecule has 0 aliphatic rings. The van der Waals surface area contributed by atoms with Crippen molar-refractivity contribution in [1.82, 2.24) is 14.9 Å². The van der Waals surface area contributed by atoms with Crippen LogP contribution in [0.5, 0.6) is 0 Å². The molecule has 2 amide bonds. The molecule has 0 saturated heterocycles. The van der Waals surface area contributed by atoms with Crippen molar-refractivity contribution in [3.8, 4) is 0 Å². The number of hydrogen-bond acceptors (Lipinski definition) is 3. The summed E-state index contributed by atoms with van der Waals surface area (Å²) in [6.45, 7) is 4.57. The van der Waals surface area contributed by atoms with E-state index >= 15 is 0 Å². The molecule has 0 aliphatic heterocycles. The minimum Gasteiger partial charge on any atom is -0.352 e. The number of nitrogens with one attached hydrogen (secondary N) is 2. The van der Waals surface area contributed by atoms with Gasteiger partial charge in [0.25, 0.3) is 5.91 Å². The molecule has 0 aliphatic carbocycles. The lowest BCUT2D eigenvalue weighted by Gasteiger charge is -2.13. The van der Waals surface area contributed by atoms with E-state index in [1.165, 1.54) is 0 Å². The fourth-order valence-corrected chi connectivity index (χ4v) is 3.99. The average molecular weight is 441 g/mol. The van der Waals surface area contributed by atoms with Gasteiger partial charge >= 0.3 is 0 Å². The molecule has 1 heterocycles. The van der Waals surface area contributed by atoms with Gasteiger partial charge in [0.15, 0.2) is 0 Å². The molecule has 3 aromatic carbocycles. The highest BCUT2D eigenvalue weighted by molar-refractivity contribution is 5.95. The number of carbonyl (C=O) groups is 2. The van der Waals surface area contributed by atoms with Gasteiger partial charge in [-0.1, -0.05) is 55.5 Å². The molecule has 0 fully saturated rings. The molecule has 4 rings (SSSR count). The Balaban J connectivity index is 1.49. The van der Waals surface area contributed by atoms with Crippen molar-refractivity contribution in [2.45, 2.75) is 33.2 Å². The van der Waals surface area contributed by atoms with Crippen LogP contribution in [0.15, 0.2) is 72.8 Å². The minimum atomic E-state index is -0.107. The predicted molar refractivity (Wildman–Crippen MR) is 131 cm³/mol. The van der Waals surface area contributed by atoms with Crippen LogP contribution in [0.25, 0.3) is 11.0 Å². The first kappa shape index (κ1) is 22.3. The van der Waals surface area contributed by atoms with E-state index in [4.69, 9.17) is 4.98 Å². The van der Waals surface area contributed by atoms with Crippen molar-refractivity contribution in [1.29, 1.82) is 0 Å². The number of hydrogen-bond donors (Lipinski definition) is 2. The summed E-state index contributed by atoms with van der Waals surface area (Å²) in [4.78, 5) is 30.2. The van der Waals surface area contributed by atoms with Crippen molar-refractivity contribution in [3.63, 3.8) is 0 Å². The summed E-state index contributed by atoms with van der Waals surface area (Å²) in [5.41, 5.74) is 5.27. The third kappa shape index (κ3) is 5.12. The second-order valence-corrected chi connectivity index (χ2v) is 7.98. The number of para-hydroxylation sites is 3. The molecule has 0 saturated carbocycles. The van der Waals surface area contributed by atoms with Gasteiger partial charge in [0.05, 0.1) is 11.0 Å². The lowest BCUT2D eigenvalue weighted by Crippen LogP contribution is -2.27. The molecule has 6 heteroatoms. The van der Waals surface area contributed by atoms with Gasteiger partial charge in [0, 0.05) is 24.2 Å². The van der Waals surface area contributed by atoms with Crippen molar-refractivity contribution >= 4 is 28.5 Å². The van der Waals surface area contributed by atoms with E-state index in [9.17, 15) is 9.59 Å². The normalized spacial score (nSPS) is 10.8. The molecule has 0 radical (unpaired) electrons. The zero-order chi connectivity index (χ0) is 23.2. The van der Waals surface area contributed by atoms with Gasteiger partial charge in [-0.3, -0.25) is 9.59 Å². The topological polar surface area (TPSA) is 76.0 Å². The van der Waals surface area contributed by atoms with Crippen molar-refractivity contribution in [3.05, 3.63) is 95.3 Å². The van der Waals surface area contributed by atoms with Gasteiger partial charge in [-0.05, 0) is 48.7 Å². The maximum Gasteiger partial charge on any atom is 0.251 e. The molecule has 2 N–H and O–H groups in total. The molecule has 0 unspecified atom stereocenters. The Morgan fingerprint density at radius 2 is 1.67 bits per heavy atom. The molecular formula is C27H28N4O2. The van der Waals surface area contributed by atoms with E-state index in [-0.39, 0.29) is 18.4 Å². The molecule has 0 bridgehead atoms. The van der Waals surface area contributed by atoms with Gasteiger partial charge in [0.2, 0.25) is 5.91 Å². The van der Waals surface area contributed by atoms with E-state index in [0.29, 0.717) is 18.5 Å². The lowest BCUT2D eigenvalue weighted by atomic mass is 10.1. The Hall–Kier alpha value is -3.93. The average Bonchev–Trinajstić information content (AvgIpc) is 3.16. The molecular weight excluding hydrogens is 412 g/mol. The number of imidazole rings is 1. The number of aryl methyl sites for hydroxylation is 2. The Labute approximate surface area is 193 Å². The molecule has 4 aromatic rings. The van der Waals surface area contributed by atoms with Gasteiger partial charge in [-0.15, -0.1) is 0 Å². The number of benzene rings is 3. The number of fused-ring (bicyclic) bond motifs is 1. The summed E-state index contributed by atoms with van der Waals surface area (Å²) >= 11 is 0. The van der Waals surface area contributed by atoms with Crippen LogP contribution in [0.4, 0.5) is 5.69 Å². The maximum atomic E-state index is 12.9. The van der Waals surface area contributed by atoms with E-state index < -0.39 is 0 Å². The highest BCUT2D eigenvalue weighted by atomic mass is 16.2. The van der Waals surface area contributed by atoms with E-state index in [2.05, 4.69) is 17.6 Å². The third-order valence-electron chi connectivity index (χ3n) is 5.73. The number of carbonyl (C=O) groups excluding carboxylic acids is 2. The SMILES string of the molecule is CCc1ccccc1NC(=O)Cn1c(CCNC(=O)c2ccccc2C)nc2ccccc21. The fourth-order valence-electron chi connectivity index (χ4n) is 3.99. The number of amides is 2. The number of aromatic nitrogens is 2. The largest absolute Gasteiger partial charge is 0.352 e. The number of rotatable bonds is 8. The highest BCUT2D eigenvalue weighted by Crippen LogP contribution is 2.19. The Bertz CT molecular complexity index is 1290. The Morgan fingerprint density at radius 1 is 0.939 bits per heavy atom. The summed E-state index contributed by atoms with van der Waals surface area (Å²) in [5, 5.41) is 6.01. The van der Waals surface area contributed by atoms with Crippen LogP contribution in [0.3, 0.4) is 0 Å². The Morgan fingerprint density at radius 3 is 2.48 bits per heavy atom. The number of anilines is 1. The smallest absolute Gasteiger partial charge is 0.251 e. The second kappa shape index (κ2) is 10.1. The first-order valence-corrected chi connectivity index (χ1v) is 11.2. The van der Waals surface area contributed by atoms with Crippen LogP contribution in [-0.4, -0.2) is 27.9 Å². The second-order valence-electron chi connectivity index (χ2n) is 7.98. The summed E-state index contributed by atoms with van der Waals surface area (Å²) < 4.78 is 1.93. The third-order valence-corrected chi connectivity index (χ3v) is 5.73. The van der Waals surface area contributed by atoms with Crippen LogP contribution in [0.1, 0.15) is 34.2 Å². The van der Waals surface area contributed by atoms with E-state index in [1.807, 2.05) is 84.3 Å². The van der Waals surface area contributed by atoms with Crippen molar-refractivity contribution in [2.24, 2.45) is 0 Å². The fraction of sp³-hybridized carbons (Fsp3) is 0.222. The minimum absolute atomic E-state index is 0.107. The monoisotopic (exact) mass is 440 g/mol. The van der Waals surface area contributed by atoms with Crippen LogP contribution < -0.4 is 10.6 Å². The van der Waals surface area contributed by atoms with E-state index in [0.717, 1.165) is 40.1 Å². The predicted octanol–water partition coefficient (Wildman–Crippen LogP) is 4.52. The van der Waals surface area contributed by atoms with Crippen molar-refractivity contribution < 1.29 is 9.59 Å². The van der Waals surface area contributed by atoms with E-state index in [1.54, 1.807) is 0 Å². The summed E-state index contributed by atoms with van der Waals surface area (Å²) in [6.07, 6.45) is 1.36.